The number of hydrogen-bond donors (Lipinski definition) is 1. The van der Waals surface area contributed by atoms with E-state index in [-0.39, 0.29) is 5.91 Å². The molecule has 0 unspecified atom stereocenters. The predicted molar refractivity (Wildman–Crippen MR) is 89.8 cm³/mol. The zero-order chi connectivity index (χ0) is 16.6. The summed E-state index contributed by atoms with van der Waals surface area (Å²) in [6.45, 7) is 7.81. The summed E-state index contributed by atoms with van der Waals surface area (Å²) in [6, 6.07) is 7.78. The van der Waals surface area contributed by atoms with Gasteiger partial charge in [0.05, 0.1) is 16.6 Å². The van der Waals surface area contributed by atoms with Crippen LogP contribution in [0.15, 0.2) is 28.8 Å². The van der Waals surface area contributed by atoms with Gasteiger partial charge in [-0.25, -0.2) is 4.98 Å². The molecule has 3 aromatic rings. The third kappa shape index (κ3) is 2.95. The fourth-order valence-corrected chi connectivity index (χ4v) is 2.75. The average molecular weight is 309 g/mol. The van der Waals surface area contributed by atoms with Gasteiger partial charge in [0.2, 0.25) is 0 Å². The molecule has 0 bridgehead atoms. The van der Waals surface area contributed by atoms with Gasteiger partial charge >= 0.3 is 0 Å². The van der Waals surface area contributed by atoms with Crippen molar-refractivity contribution in [1.29, 1.82) is 0 Å². The van der Waals surface area contributed by atoms with Crippen LogP contribution in [0, 0.1) is 20.8 Å². The number of fused-ring (bicyclic) bond motifs is 1. The van der Waals surface area contributed by atoms with Crippen molar-refractivity contribution in [3.05, 3.63) is 52.3 Å². The molecule has 0 atom stereocenters. The maximum atomic E-state index is 12.8. The lowest BCUT2D eigenvalue weighted by Gasteiger charge is -2.09. The lowest BCUT2D eigenvalue weighted by Crippen LogP contribution is -2.13. The van der Waals surface area contributed by atoms with E-state index in [2.05, 4.69) is 21.5 Å². The van der Waals surface area contributed by atoms with Gasteiger partial charge in [-0.15, -0.1) is 0 Å². The van der Waals surface area contributed by atoms with E-state index in [0.717, 1.165) is 28.9 Å². The molecule has 0 fully saturated rings. The molecule has 0 spiro atoms. The van der Waals surface area contributed by atoms with Crippen LogP contribution in [0.3, 0.4) is 0 Å². The van der Waals surface area contributed by atoms with Gasteiger partial charge in [0.1, 0.15) is 0 Å². The molecule has 1 amide bonds. The number of amides is 1. The smallest absolute Gasteiger partial charge is 0.258 e. The third-order valence-electron chi connectivity index (χ3n) is 3.76. The van der Waals surface area contributed by atoms with Crippen LogP contribution >= 0.6 is 0 Å². The Kier molecular flexibility index (Phi) is 3.86. The first-order valence-electron chi connectivity index (χ1n) is 7.63. The van der Waals surface area contributed by atoms with Crippen molar-refractivity contribution >= 4 is 22.7 Å². The predicted octanol–water partition coefficient (Wildman–Crippen LogP) is 3.96. The second-order valence-electron chi connectivity index (χ2n) is 5.79. The molecular formula is C18H19N3O2. The normalized spacial score (nSPS) is 11.0. The Bertz CT molecular complexity index is 876. The van der Waals surface area contributed by atoms with Crippen LogP contribution in [0.4, 0.5) is 5.69 Å². The van der Waals surface area contributed by atoms with Gasteiger partial charge in [0, 0.05) is 11.4 Å². The lowest BCUT2D eigenvalue weighted by molar-refractivity contribution is 0.102. The SMILES string of the molecule is CCc1cc(C(=O)Nc2cc(C)cc(C)c2)c2c(C)noc2n1. The van der Waals surface area contributed by atoms with Gasteiger partial charge in [-0.3, -0.25) is 4.79 Å². The maximum Gasteiger partial charge on any atom is 0.258 e. The monoisotopic (exact) mass is 309 g/mol. The van der Waals surface area contributed by atoms with Crippen molar-refractivity contribution < 1.29 is 9.32 Å². The number of carbonyl (C=O) groups is 1. The van der Waals surface area contributed by atoms with Crippen molar-refractivity contribution in [1.82, 2.24) is 10.1 Å². The minimum absolute atomic E-state index is 0.177. The highest BCUT2D eigenvalue weighted by Gasteiger charge is 2.18. The van der Waals surface area contributed by atoms with E-state index in [0.29, 0.717) is 22.4 Å². The van der Waals surface area contributed by atoms with E-state index in [9.17, 15) is 4.79 Å². The molecule has 2 aromatic heterocycles. The van der Waals surface area contributed by atoms with Crippen LogP contribution in [0.25, 0.3) is 11.1 Å². The summed E-state index contributed by atoms with van der Waals surface area (Å²) in [5.74, 6) is -0.177. The van der Waals surface area contributed by atoms with E-state index in [1.54, 1.807) is 0 Å². The first-order valence-corrected chi connectivity index (χ1v) is 7.63. The Labute approximate surface area is 134 Å². The van der Waals surface area contributed by atoms with Gasteiger partial charge < -0.3 is 9.84 Å². The van der Waals surface area contributed by atoms with Crippen molar-refractivity contribution in [2.45, 2.75) is 34.1 Å². The highest BCUT2D eigenvalue weighted by Crippen LogP contribution is 2.24. The van der Waals surface area contributed by atoms with Crippen LogP contribution in [0.1, 0.15) is 39.8 Å². The number of anilines is 1. The van der Waals surface area contributed by atoms with Gasteiger partial charge in [-0.1, -0.05) is 18.1 Å². The fourth-order valence-electron chi connectivity index (χ4n) is 2.75. The fraction of sp³-hybridized carbons (Fsp3) is 0.278. The van der Waals surface area contributed by atoms with Crippen molar-refractivity contribution in [2.24, 2.45) is 0 Å². The summed E-state index contributed by atoms with van der Waals surface area (Å²) in [5, 5.41) is 7.57. The van der Waals surface area contributed by atoms with Crippen LogP contribution in [0.5, 0.6) is 0 Å². The van der Waals surface area contributed by atoms with Crippen molar-refractivity contribution in [2.75, 3.05) is 5.32 Å². The molecule has 0 radical (unpaired) electrons. The highest BCUT2D eigenvalue weighted by atomic mass is 16.5. The molecule has 118 valence electrons. The van der Waals surface area contributed by atoms with E-state index >= 15 is 0 Å². The molecule has 1 N–H and O–H groups in total. The minimum atomic E-state index is -0.177. The number of hydrogen-bond acceptors (Lipinski definition) is 4. The molecule has 23 heavy (non-hydrogen) atoms. The second-order valence-corrected chi connectivity index (χ2v) is 5.79. The molecule has 2 heterocycles. The minimum Gasteiger partial charge on any atom is -0.336 e. The molecular weight excluding hydrogens is 290 g/mol. The first kappa shape index (κ1) is 15.2. The second kappa shape index (κ2) is 5.83. The molecule has 5 nitrogen and oxygen atoms in total. The van der Waals surface area contributed by atoms with Crippen LogP contribution in [0.2, 0.25) is 0 Å². The number of aryl methyl sites for hydroxylation is 4. The number of benzene rings is 1. The molecule has 0 saturated heterocycles. The zero-order valence-electron chi connectivity index (χ0n) is 13.7. The van der Waals surface area contributed by atoms with Gasteiger partial charge in [0.25, 0.3) is 11.6 Å². The summed E-state index contributed by atoms with van der Waals surface area (Å²) in [7, 11) is 0. The number of rotatable bonds is 3. The van der Waals surface area contributed by atoms with Gasteiger partial charge in [-0.2, -0.15) is 0 Å². The molecule has 5 heteroatoms. The Morgan fingerprint density at radius 3 is 2.48 bits per heavy atom. The van der Waals surface area contributed by atoms with Gasteiger partial charge in [-0.05, 0) is 56.5 Å². The summed E-state index contributed by atoms with van der Waals surface area (Å²) in [4.78, 5) is 17.1. The first-order chi connectivity index (χ1) is 11.0. The molecule has 0 aliphatic heterocycles. The number of nitrogens with zero attached hydrogens (tertiary/aromatic N) is 2. The molecule has 0 aliphatic carbocycles. The highest BCUT2D eigenvalue weighted by molar-refractivity contribution is 6.12. The molecule has 3 rings (SSSR count). The van der Waals surface area contributed by atoms with E-state index in [1.165, 1.54) is 0 Å². The number of carbonyl (C=O) groups excluding carboxylic acids is 1. The Morgan fingerprint density at radius 2 is 1.83 bits per heavy atom. The topological polar surface area (TPSA) is 68.0 Å². The Morgan fingerprint density at radius 1 is 1.13 bits per heavy atom. The summed E-state index contributed by atoms with van der Waals surface area (Å²) >= 11 is 0. The Balaban J connectivity index is 2.04. The standard InChI is InChI=1S/C18H19N3O2/c1-5-13-9-15(16-12(4)21-23-18(16)20-13)17(22)19-14-7-10(2)6-11(3)8-14/h6-9H,5H2,1-4H3,(H,19,22). The van der Waals surface area contributed by atoms with Gasteiger partial charge in [0.15, 0.2) is 0 Å². The molecule has 0 aliphatic rings. The molecule has 0 saturated carbocycles. The quantitative estimate of drug-likeness (QED) is 0.795. The van der Waals surface area contributed by atoms with Crippen LogP contribution in [-0.2, 0) is 6.42 Å². The zero-order valence-corrected chi connectivity index (χ0v) is 13.7. The summed E-state index contributed by atoms with van der Waals surface area (Å²) in [6.07, 6.45) is 0.722. The van der Waals surface area contributed by atoms with Crippen LogP contribution in [-0.4, -0.2) is 16.0 Å². The maximum absolute atomic E-state index is 12.8. The Hall–Kier alpha value is -2.69. The number of aromatic nitrogens is 2. The average Bonchev–Trinajstić information content (AvgIpc) is 2.86. The molecule has 1 aromatic carbocycles. The number of nitrogens with one attached hydrogen (secondary N) is 1. The van der Waals surface area contributed by atoms with Crippen molar-refractivity contribution in [3.8, 4) is 0 Å². The number of pyridine rings is 1. The van der Waals surface area contributed by atoms with Crippen LogP contribution < -0.4 is 5.32 Å². The summed E-state index contributed by atoms with van der Waals surface area (Å²) in [5.41, 5.74) is 5.42. The van der Waals surface area contributed by atoms with E-state index < -0.39 is 0 Å². The summed E-state index contributed by atoms with van der Waals surface area (Å²) < 4.78 is 5.23. The van der Waals surface area contributed by atoms with Crippen molar-refractivity contribution in [3.63, 3.8) is 0 Å². The largest absolute Gasteiger partial charge is 0.336 e. The lowest BCUT2D eigenvalue weighted by atomic mass is 10.1. The third-order valence-corrected chi connectivity index (χ3v) is 3.76. The van der Waals surface area contributed by atoms with E-state index in [4.69, 9.17) is 4.52 Å². The van der Waals surface area contributed by atoms with E-state index in [1.807, 2.05) is 45.9 Å².